The lowest BCUT2D eigenvalue weighted by Crippen LogP contribution is -2.43. The predicted molar refractivity (Wildman–Crippen MR) is 77.9 cm³/mol. The van der Waals surface area contributed by atoms with Crippen LogP contribution in [0.3, 0.4) is 0 Å². The number of carbonyl (C=O) groups is 3. The summed E-state index contributed by atoms with van der Waals surface area (Å²) in [5, 5.41) is 9.06. The third-order valence-corrected chi connectivity index (χ3v) is 4.66. The highest BCUT2D eigenvalue weighted by atomic mass is 16.4. The van der Waals surface area contributed by atoms with Gasteiger partial charge in [0.1, 0.15) is 0 Å². The van der Waals surface area contributed by atoms with Crippen LogP contribution in [0.15, 0.2) is 24.3 Å². The maximum absolute atomic E-state index is 12.1. The van der Waals surface area contributed by atoms with Gasteiger partial charge in [-0.05, 0) is 36.8 Å². The van der Waals surface area contributed by atoms with Gasteiger partial charge >= 0.3 is 5.97 Å². The molecule has 1 aromatic carbocycles. The second kappa shape index (κ2) is 5.79. The van der Waals surface area contributed by atoms with E-state index in [0.717, 1.165) is 12.8 Å². The van der Waals surface area contributed by atoms with Gasteiger partial charge < -0.3 is 5.11 Å². The van der Waals surface area contributed by atoms with Gasteiger partial charge in [0.25, 0.3) is 5.91 Å². The van der Waals surface area contributed by atoms with Gasteiger partial charge in [0, 0.05) is 5.92 Å². The van der Waals surface area contributed by atoms with Crippen molar-refractivity contribution in [1.29, 1.82) is 0 Å². The number of nitrogens with one attached hydrogen (secondary N) is 2. The summed E-state index contributed by atoms with van der Waals surface area (Å²) < 4.78 is 0. The number of carboxylic acid groups (broad SMARTS) is 1. The number of hydrogen-bond donors (Lipinski definition) is 3. The van der Waals surface area contributed by atoms with Crippen molar-refractivity contribution in [1.82, 2.24) is 10.9 Å². The largest absolute Gasteiger partial charge is 0.478 e. The maximum atomic E-state index is 12.1. The molecule has 3 atom stereocenters. The van der Waals surface area contributed by atoms with Gasteiger partial charge in [-0.25, -0.2) is 4.79 Å². The number of hydrazine groups is 1. The number of rotatable bonds is 3. The van der Waals surface area contributed by atoms with Gasteiger partial charge in [0.2, 0.25) is 5.91 Å². The summed E-state index contributed by atoms with van der Waals surface area (Å²) in [5.74, 6) is -1.05. The Labute approximate surface area is 127 Å². The van der Waals surface area contributed by atoms with Crippen LogP contribution < -0.4 is 10.9 Å². The van der Waals surface area contributed by atoms with Gasteiger partial charge in [-0.1, -0.05) is 25.0 Å². The summed E-state index contributed by atoms with van der Waals surface area (Å²) in [6.07, 6.45) is 4.50. The van der Waals surface area contributed by atoms with E-state index in [9.17, 15) is 14.4 Å². The van der Waals surface area contributed by atoms with E-state index < -0.39 is 11.9 Å². The van der Waals surface area contributed by atoms with Crippen LogP contribution in [0.5, 0.6) is 0 Å². The Bertz CT molecular complexity index is 616. The molecule has 2 fully saturated rings. The molecule has 2 amide bonds. The van der Waals surface area contributed by atoms with Gasteiger partial charge in [-0.15, -0.1) is 0 Å². The number of carbonyl (C=O) groups excluding carboxylic acids is 2. The molecule has 2 aliphatic rings. The van der Waals surface area contributed by atoms with Crippen molar-refractivity contribution in [3.8, 4) is 0 Å². The van der Waals surface area contributed by atoms with Crippen LogP contribution in [-0.4, -0.2) is 22.9 Å². The van der Waals surface area contributed by atoms with E-state index >= 15 is 0 Å². The molecule has 22 heavy (non-hydrogen) atoms. The molecule has 0 radical (unpaired) electrons. The summed E-state index contributed by atoms with van der Waals surface area (Å²) in [7, 11) is 0. The monoisotopic (exact) mass is 302 g/mol. The van der Waals surface area contributed by atoms with Crippen LogP contribution in [-0.2, 0) is 4.79 Å². The van der Waals surface area contributed by atoms with Gasteiger partial charge in [-0.2, -0.15) is 0 Å². The zero-order chi connectivity index (χ0) is 15.7. The topological polar surface area (TPSA) is 95.5 Å². The Kier molecular flexibility index (Phi) is 3.83. The first-order valence-corrected chi connectivity index (χ1v) is 7.52. The predicted octanol–water partition coefficient (Wildman–Crippen LogP) is 1.58. The Hall–Kier alpha value is -2.37. The Morgan fingerprint density at radius 1 is 0.955 bits per heavy atom. The van der Waals surface area contributed by atoms with Crippen molar-refractivity contribution in [2.24, 2.45) is 17.8 Å². The van der Waals surface area contributed by atoms with E-state index in [1.165, 1.54) is 25.0 Å². The minimum atomic E-state index is -1.18. The summed E-state index contributed by atoms with van der Waals surface area (Å²) >= 11 is 0. The average Bonchev–Trinajstić information content (AvgIpc) is 3.26. The van der Waals surface area contributed by atoms with E-state index in [4.69, 9.17) is 5.11 Å². The third kappa shape index (κ3) is 2.68. The normalized spacial score (nSPS) is 25.7. The lowest BCUT2D eigenvalue weighted by molar-refractivity contribution is -0.123. The molecule has 6 nitrogen and oxygen atoms in total. The Morgan fingerprint density at radius 3 is 2.14 bits per heavy atom. The van der Waals surface area contributed by atoms with Gasteiger partial charge in [-0.3, -0.25) is 20.4 Å². The van der Waals surface area contributed by atoms with Crippen LogP contribution in [0.4, 0.5) is 0 Å². The fourth-order valence-corrected chi connectivity index (χ4v) is 3.52. The number of aromatic carboxylic acids is 1. The number of carboxylic acids is 1. The standard InChI is InChI=1S/C16H18N2O4/c19-14(11-7-3-4-8-12(11)16(21)22)17-18-15(20)13-9-5-1-2-6-10(9)13/h3-4,7-10,13H,1-2,5-6H2,(H,17,19)(H,18,20)(H,21,22)/t9-,10+,13?. The van der Waals surface area contributed by atoms with Crippen molar-refractivity contribution >= 4 is 17.8 Å². The second-order valence-electron chi connectivity index (χ2n) is 5.93. The quantitative estimate of drug-likeness (QED) is 0.739. The molecule has 0 aromatic heterocycles. The SMILES string of the molecule is O=C(O)c1ccccc1C(=O)NNC(=O)C1[C@H]2CCCC[C@@H]12. The zero-order valence-corrected chi connectivity index (χ0v) is 12.0. The van der Waals surface area contributed by atoms with Crippen molar-refractivity contribution in [3.63, 3.8) is 0 Å². The van der Waals surface area contributed by atoms with Crippen LogP contribution in [0.25, 0.3) is 0 Å². The average molecular weight is 302 g/mol. The third-order valence-electron chi connectivity index (χ3n) is 4.66. The molecular formula is C16H18N2O4. The highest BCUT2D eigenvalue weighted by Crippen LogP contribution is 2.55. The molecule has 3 rings (SSSR count). The second-order valence-corrected chi connectivity index (χ2v) is 5.93. The van der Waals surface area contributed by atoms with Crippen molar-refractivity contribution in [2.75, 3.05) is 0 Å². The minimum Gasteiger partial charge on any atom is -0.478 e. The molecule has 0 aliphatic heterocycles. The first-order valence-electron chi connectivity index (χ1n) is 7.52. The lowest BCUT2D eigenvalue weighted by Gasteiger charge is -2.09. The fourth-order valence-electron chi connectivity index (χ4n) is 3.52. The molecule has 116 valence electrons. The number of fused-ring (bicyclic) bond motifs is 1. The maximum Gasteiger partial charge on any atom is 0.336 e. The molecule has 0 spiro atoms. The molecular weight excluding hydrogens is 284 g/mol. The molecule has 0 bridgehead atoms. The zero-order valence-electron chi connectivity index (χ0n) is 12.0. The van der Waals surface area contributed by atoms with Crippen LogP contribution in [0.1, 0.15) is 46.4 Å². The molecule has 2 aliphatic carbocycles. The van der Waals surface area contributed by atoms with E-state index in [-0.39, 0.29) is 23.0 Å². The van der Waals surface area contributed by atoms with Crippen LogP contribution in [0, 0.1) is 17.8 Å². The van der Waals surface area contributed by atoms with E-state index in [2.05, 4.69) is 10.9 Å². The van der Waals surface area contributed by atoms with Crippen LogP contribution >= 0.6 is 0 Å². The summed E-state index contributed by atoms with van der Waals surface area (Å²) in [5.41, 5.74) is 4.70. The lowest BCUT2D eigenvalue weighted by atomic mass is 10.0. The van der Waals surface area contributed by atoms with Gasteiger partial charge in [0.15, 0.2) is 0 Å². The fraction of sp³-hybridized carbons (Fsp3) is 0.438. The van der Waals surface area contributed by atoms with E-state index in [1.807, 2.05) is 0 Å². The molecule has 0 saturated heterocycles. The highest BCUT2D eigenvalue weighted by Gasteiger charge is 2.54. The number of benzene rings is 1. The van der Waals surface area contributed by atoms with Crippen molar-refractivity contribution in [2.45, 2.75) is 25.7 Å². The summed E-state index contributed by atoms with van der Waals surface area (Å²) in [6, 6.07) is 5.91. The van der Waals surface area contributed by atoms with Crippen molar-refractivity contribution < 1.29 is 19.5 Å². The summed E-state index contributed by atoms with van der Waals surface area (Å²) in [4.78, 5) is 35.2. The Morgan fingerprint density at radius 2 is 1.55 bits per heavy atom. The Balaban J connectivity index is 1.59. The van der Waals surface area contributed by atoms with Gasteiger partial charge in [0.05, 0.1) is 11.1 Å². The smallest absolute Gasteiger partial charge is 0.336 e. The molecule has 6 heteroatoms. The number of hydrogen-bond acceptors (Lipinski definition) is 3. The van der Waals surface area contributed by atoms with E-state index in [0.29, 0.717) is 11.8 Å². The summed E-state index contributed by atoms with van der Waals surface area (Å²) in [6.45, 7) is 0. The number of amides is 2. The molecule has 2 saturated carbocycles. The minimum absolute atomic E-state index is 0.00230. The first-order chi connectivity index (χ1) is 10.6. The highest BCUT2D eigenvalue weighted by molar-refractivity contribution is 6.05. The van der Waals surface area contributed by atoms with E-state index in [1.54, 1.807) is 12.1 Å². The first kappa shape index (κ1) is 14.6. The van der Waals surface area contributed by atoms with Crippen LogP contribution in [0.2, 0.25) is 0 Å². The molecule has 0 heterocycles. The molecule has 1 aromatic rings. The van der Waals surface area contributed by atoms with Crippen molar-refractivity contribution in [3.05, 3.63) is 35.4 Å². The molecule has 3 N–H and O–H groups in total. The molecule has 1 unspecified atom stereocenters.